The van der Waals surface area contributed by atoms with E-state index in [2.05, 4.69) is 10.2 Å². The van der Waals surface area contributed by atoms with Gasteiger partial charge in [0.25, 0.3) is 12.3 Å². The number of aromatic nitrogens is 3. The van der Waals surface area contributed by atoms with Crippen LogP contribution in [0, 0.1) is 11.6 Å². The predicted octanol–water partition coefficient (Wildman–Crippen LogP) is 5.19. The molecule has 0 atom stereocenters. The first-order valence-electron chi connectivity index (χ1n) is 7.98. The van der Waals surface area contributed by atoms with E-state index in [9.17, 15) is 17.6 Å². The highest BCUT2D eigenvalue weighted by atomic mass is 35.5. The molecule has 0 bridgehead atoms. The lowest BCUT2D eigenvalue weighted by atomic mass is 10.2. The minimum atomic E-state index is -2.79. The lowest BCUT2D eigenvalue weighted by Gasteiger charge is -2.08. The zero-order valence-electron chi connectivity index (χ0n) is 14.0. The van der Waals surface area contributed by atoms with Gasteiger partial charge in [-0.25, -0.2) is 17.6 Å². The molecule has 0 fully saturated rings. The van der Waals surface area contributed by atoms with Gasteiger partial charge in [-0.1, -0.05) is 11.6 Å². The van der Waals surface area contributed by atoms with Crippen molar-refractivity contribution >= 4 is 28.2 Å². The van der Waals surface area contributed by atoms with Crippen LogP contribution in [0.4, 0.5) is 23.2 Å². The summed E-state index contributed by atoms with van der Waals surface area (Å²) in [5.74, 6) is -1.86. The maximum absolute atomic E-state index is 13.9. The predicted molar refractivity (Wildman–Crippen MR) is 95.1 cm³/mol. The number of anilines is 1. The molecule has 0 aliphatic carbocycles. The Morgan fingerprint density at radius 1 is 1.11 bits per heavy atom. The van der Waals surface area contributed by atoms with Crippen LogP contribution >= 0.6 is 11.6 Å². The Hall–Kier alpha value is -3.07. The number of nitrogen functional groups attached to an aromatic ring is 1. The number of nitrogens with two attached hydrogens (primary N) is 1. The number of hydrogen-bond acceptors (Lipinski definition) is 4. The van der Waals surface area contributed by atoms with Gasteiger partial charge in [0, 0.05) is 11.5 Å². The Balaban J connectivity index is 1.76. The van der Waals surface area contributed by atoms with Crippen molar-refractivity contribution in [1.82, 2.24) is 14.8 Å². The molecule has 4 rings (SSSR count). The SMILES string of the molecule is Nc1ccc2c(cc(C(F)F)n2Cc2nnc(-c3ccc(F)cc3F)o2)c1Cl. The maximum atomic E-state index is 13.9. The molecule has 0 amide bonds. The highest BCUT2D eigenvalue weighted by Gasteiger charge is 2.21. The molecular formula is C18H11ClF4N4O. The van der Waals surface area contributed by atoms with Crippen LogP contribution < -0.4 is 5.73 Å². The number of benzene rings is 2. The van der Waals surface area contributed by atoms with Crippen LogP contribution in [-0.4, -0.2) is 14.8 Å². The Morgan fingerprint density at radius 2 is 1.89 bits per heavy atom. The first-order chi connectivity index (χ1) is 13.3. The average Bonchev–Trinajstić information content (AvgIpc) is 3.24. The third-order valence-corrected chi connectivity index (χ3v) is 4.65. The van der Waals surface area contributed by atoms with E-state index >= 15 is 0 Å². The molecule has 0 saturated carbocycles. The van der Waals surface area contributed by atoms with Crippen LogP contribution in [0.1, 0.15) is 18.0 Å². The molecule has 0 unspecified atom stereocenters. The van der Waals surface area contributed by atoms with Crippen LogP contribution in [0.15, 0.2) is 40.8 Å². The second-order valence-electron chi connectivity index (χ2n) is 5.98. The van der Waals surface area contributed by atoms with Crippen molar-refractivity contribution in [1.29, 1.82) is 0 Å². The van der Waals surface area contributed by atoms with Gasteiger partial charge in [0.15, 0.2) is 0 Å². The molecule has 0 spiro atoms. The summed E-state index contributed by atoms with van der Waals surface area (Å²) in [5, 5.41) is 8.02. The second-order valence-corrected chi connectivity index (χ2v) is 6.36. The summed E-state index contributed by atoms with van der Waals surface area (Å²) in [4.78, 5) is 0. The number of rotatable bonds is 4. The van der Waals surface area contributed by atoms with E-state index in [1.165, 1.54) is 16.7 Å². The van der Waals surface area contributed by atoms with Crippen molar-refractivity contribution in [3.05, 3.63) is 64.6 Å². The second kappa shape index (κ2) is 6.83. The number of fused-ring (bicyclic) bond motifs is 1. The summed E-state index contributed by atoms with van der Waals surface area (Å²) < 4.78 is 60.6. The van der Waals surface area contributed by atoms with Gasteiger partial charge < -0.3 is 14.7 Å². The number of hydrogen-bond donors (Lipinski definition) is 1. The van der Waals surface area contributed by atoms with Gasteiger partial charge in [-0.3, -0.25) is 0 Å². The Bertz CT molecular complexity index is 1190. The zero-order chi connectivity index (χ0) is 20.0. The molecule has 0 saturated heterocycles. The molecule has 2 heterocycles. The smallest absolute Gasteiger partial charge is 0.278 e. The monoisotopic (exact) mass is 410 g/mol. The lowest BCUT2D eigenvalue weighted by Crippen LogP contribution is -2.05. The molecule has 0 aliphatic heterocycles. The van der Waals surface area contributed by atoms with E-state index in [1.807, 2.05) is 0 Å². The summed E-state index contributed by atoms with van der Waals surface area (Å²) in [6, 6.07) is 7.18. The minimum absolute atomic E-state index is 0.0360. The number of halogens is 5. The normalized spacial score (nSPS) is 11.6. The number of nitrogens with zero attached hydrogens (tertiary/aromatic N) is 3. The fourth-order valence-electron chi connectivity index (χ4n) is 2.92. The average molecular weight is 411 g/mol. The van der Waals surface area contributed by atoms with Gasteiger partial charge in [-0.15, -0.1) is 10.2 Å². The highest BCUT2D eigenvalue weighted by molar-refractivity contribution is 6.38. The summed E-state index contributed by atoms with van der Waals surface area (Å²) in [6.45, 7) is -0.195. The van der Waals surface area contributed by atoms with Gasteiger partial charge in [-0.2, -0.15) is 0 Å². The Kier molecular flexibility index (Phi) is 4.46. The van der Waals surface area contributed by atoms with Crippen LogP contribution in [0.5, 0.6) is 0 Å². The maximum Gasteiger partial charge on any atom is 0.278 e. The van der Waals surface area contributed by atoms with Crippen molar-refractivity contribution in [2.45, 2.75) is 13.0 Å². The van der Waals surface area contributed by atoms with Crippen molar-refractivity contribution in [3.8, 4) is 11.5 Å². The Morgan fingerprint density at radius 3 is 2.61 bits per heavy atom. The van der Waals surface area contributed by atoms with Crippen LogP contribution in [-0.2, 0) is 6.54 Å². The van der Waals surface area contributed by atoms with Gasteiger partial charge in [0.2, 0.25) is 5.89 Å². The molecule has 5 nitrogen and oxygen atoms in total. The quantitative estimate of drug-likeness (QED) is 0.371. The molecule has 4 aromatic rings. The van der Waals surface area contributed by atoms with Gasteiger partial charge in [0.1, 0.15) is 18.2 Å². The van der Waals surface area contributed by atoms with E-state index in [-0.39, 0.29) is 40.3 Å². The third-order valence-electron chi connectivity index (χ3n) is 4.23. The minimum Gasteiger partial charge on any atom is -0.419 e. The summed E-state index contributed by atoms with van der Waals surface area (Å²) in [7, 11) is 0. The van der Waals surface area contributed by atoms with Crippen molar-refractivity contribution in [2.24, 2.45) is 0 Å². The standard InChI is InChI=1S/C18H11ClF4N4O/c19-16-10-6-14(17(22)23)27(13(10)4-3-12(16)24)7-15-25-26-18(28-15)9-2-1-8(20)5-11(9)21/h1-6,17H,7,24H2. The fourth-order valence-corrected chi connectivity index (χ4v) is 3.13. The number of alkyl halides is 2. The van der Waals surface area contributed by atoms with Crippen molar-refractivity contribution in [2.75, 3.05) is 5.73 Å². The van der Waals surface area contributed by atoms with E-state index in [1.54, 1.807) is 6.07 Å². The van der Waals surface area contributed by atoms with Crippen LogP contribution in [0.25, 0.3) is 22.4 Å². The lowest BCUT2D eigenvalue weighted by molar-refractivity contribution is 0.141. The van der Waals surface area contributed by atoms with Crippen molar-refractivity contribution in [3.63, 3.8) is 0 Å². The van der Waals surface area contributed by atoms with Gasteiger partial charge >= 0.3 is 0 Å². The molecular weight excluding hydrogens is 400 g/mol. The summed E-state index contributed by atoms with van der Waals surface area (Å²) in [5.41, 5.74) is 6.00. The summed E-state index contributed by atoms with van der Waals surface area (Å²) in [6.07, 6.45) is -2.79. The van der Waals surface area contributed by atoms with Crippen LogP contribution in [0.2, 0.25) is 5.02 Å². The van der Waals surface area contributed by atoms with E-state index < -0.39 is 18.1 Å². The van der Waals surface area contributed by atoms with Crippen molar-refractivity contribution < 1.29 is 22.0 Å². The topological polar surface area (TPSA) is 69.9 Å². The fraction of sp³-hybridized carbons (Fsp3) is 0.111. The molecule has 0 aliphatic rings. The van der Waals surface area contributed by atoms with E-state index in [0.29, 0.717) is 17.0 Å². The molecule has 2 N–H and O–H groups in total. The molecule has 2 aromatic carbocycles. The molecule has 10 heteroatoms. The van der Waals surface area contributed by atoms with Crippen LogP contribution in [0.3, 0.4) is 0 Å². The molecule has 144 valence electrons. The largest absolute Gasteiger partial charge is 0.419 e. The van der Waals surface area contributed by atoms with E-state index in [4.69, 9.17) is 21.8 Å². The molecule has 2 aromatic heterocycles. The first kappa shape index (κ1) is 18.3. The molecule has 28 heavy (non-hydrogen) atoms. The first-order valence-corrected chi connectivity index (χ1v) is 8.36. The van der Waals surface area contributed by atoms with Gasteiger partial charge in [-0.05, 0) is 30.3 Å². The summed E-state index contributed by atoms with van der Waals surface area (Å²) >= 11 is 6.13. The highest BCUT2D eigenvalue weighted by Crippen LogP contribution is 2.35. The Labute approximate surface area is 160 Å². The third kappa shape index (κ3) is 3.07. The molecule has 0 radical (unpaired) electrons. The van der Waals surface area contributed by atoms with E-state index in [0.717, 1.165) is 12.1 Å². The van der Waals surface area contributed by atoms with Gasteiger partial charge in [0.05, 0.1) is 27.5 Å². The zero-order valence-corrected chi connectivity index (χ0v) is 14.7.